The molecule has 0 aliphatic carbocycles. The lowest BCUT2D eigenvalue weighted by atomic mass is 10.1. The van der Waals surface area contributed by atoms with Gasteiger partial charge in [-0.05, 0) is 42.5 Å². The van der Waals surface area contributed by atoms with Gasteiger partial charge >= 0.3 is 0 Å². The van der Waals surface area contributed by atoms with Crippen molar-refractivity contribution in [1.29, 1.82) is 0 Å². The summed E-state index contributed by atoms with van der Waals surface area (Å²) in [7, 11) is 3.20. The fraction of sp³-hybridized carbons (Fsp3) is 0.286. The Balaban J connectivity index is 1.37. The summed E-state index contributed by atoms with van der Waals surface area (Å²) in [6.45, 7) is 6.01. The maximum Gasteiger partial charge on any atom is 0.256 e. The predicted molar refractivity (Wildman–Crippen MR) is 152 cm³/mol. The molecule has 2 aromatic carbocycles. The second kappa shape index (κ2) is 12.8. The van der Waals surface area contributed by atoms with Gasteiger partial charge in [-0.15, -0.1) is 16.8 Å². The van der Waals surface area contributed by atoms with E-state index in [2.05, 4.69) is 21.7 Å². The van der Waals surface area contributed by atoms with Crippen molar-refractivity contribution in [3.63, 3.8) is 0 Å². The summed E-state index contributed by atoms with van der Waals surface area (Å²) in [6.07, 6.45) is 1.58. The molecule has 4 rings (SSSR count). The van der Waals surface area contributed by atoms with Crippen LogP contribution in [0.25, 0.3) is 11.3 Å². The number of aromatic nitrogens is 2. The minimum absolute atomic E-state index is 0.0813. The molecular formula is C28H29Cl2N5O4. The smallest absolute Gasteiger partial charge is 0.256 e. The number of benzene rings is 2. The van der Waals surface area contributed by atoms with Gasteiger partial charge in [-0.25, -0.2) is 0 Å². The molecule has 39 heavy (non-hydrogen) atoms. The fourth-order valence-corrected chi connectivity index (χ4v) is 4.79. The van der Waals surface area contributed by atoms with E-state index in [1.807, 2.05) is 24.3 Å². The monoisotopic (exact) mass is 569 g/mol. The Morgan fingerprint density at radius 2 is 1.77 bits per heavy atom. The van der Waals surface area contributed by atoms with Crippen molar-refractivity contribution in [2.75, 3.05) is 58.4 Å². The standard InChI is InChI=1S/C28H29Cl2N5O4/c1-4-11-35(28(37)21-7-5-19(29)16-23(21)30)18-27(36)34-14-12-33(13-15-34)26-10-9-24(31-32-26)22-8-6-20(38-2)17-25(22)39-3/h4-10,16-17H,1,11-15,18H2,2-3H3. The molecule has 0 spiro atoms. The largest absolute Gasteiger partial charge is 0.497 e. The van der Waals surface area contributed by atoms with Gasteiger partial charge in [0, 0.05) is 49.4 Å². The van der Waals surface area contributed by atoms with Gasteiger partial charge in [0.05, 0.1) is 30.5 Å². The van der Waals surface area contributed by atoms with Gasteiger partial charge in [-0.1, -0.05) is 29.3 Å². The number of anilines is 1. The second-order valence-corrected chi connectivity index (χ2v) is 9.65. The molecule has 1 aliphatic heterocycles. The molecular weight excluding hydrogens is 541 g/mol. The first-order chi connectivity index (χ1) is 18.8. The molecule has 11 heteroatoms. The molecule has 0 radical (unpaired) electrons. The lowest BCUT2D eigenvalue weighted by Crippen LogP contribution is -2.52. The van der Waals surface area contributed by atoms with E-state index >= 15 is 0 Å². The Kier molecular flexibility index (Phi) is 9.27. The van der Waals surface area contributed by atoms with E-state index in [4.69, 9.17) is 32.7 Å². The molecule has 0 bridgehead atoms. The Hall–Kier alpha value is -3.82. The Bertz CT molecular complexity index is 1340. The lowest BCUT2D eigenvalue weighted by Gasteiger charge is -2.36. The van der Waals surface area contributed by atoms with Crippen molar-refractivity contribution in [2.45, 2.75) is 0 Å². The summed E-state index contributed by atoms with van der Waals surface area (Å²) >= 11 is 12.2. The number of carbonyl (C=O) groups excluding carboxylic acids is 2. The van der Waals surface area contributed by atoms with Crippen molar-refractivity contribution in [1.82, 2.24) is 20.0 Å². The van der Waals surface area contributed by atoms with Crippen molar-refractivity contribution in [3.8, 4) is 22.8 Å². The third kappa shape index (κ3) is 6.61. The first kappa shape index (κ1) is 28.2. The van der Waals surface area contributed by atoms with E-state index in [0.29, 0.717) is 48.4 Å². The van der Waals surface area contributed by atoms with E-state index in [9.17, 15) is 9.59 Å². The van der Waals surface area contributed by atoms with E-state index in [-0.39, 0.29) is 35.5 Å². The van der Waals surface area contributed by atoms with E-state index in [0.717, 1.165) is 11.4 Å². The first-order valence-electron chi connectivity index (χ1n) is 12.3. The Labute approximate surface area is 237 Å². The molecule has 3 aromatic rings. The summed E-state index contributed by atoms with van der Waals surface area (Å²) < 4.78 is 10.7. The molecule has 204 valence electrons. The summed E-state index contributed by atoms with van der Waals surface area (Å²) in [6, 6.07) is 14.0. The van der Waals surface area contributed by atoms with Crippen molar-refractivity contribution in [2.24, 2.45) is 0 Å². The highest BCUT2D eigenvalue weighted by molar-refractivity contribution is 6.36. The normalized spacial score (nSPS) is 13.1. The van der Waals surface area contributed by atoms with Crippen LogP contribution in [-0.4, -0.2) is 85.3 Å². The molecule has 0 saturated carbocycles. The van der Waals surface area contributed by atoms with Crippen LogP contribution in [0.5, 0.6) is 11.5 Å². The first-order valence-corrected chi connectivity index (χ1v) is 13.0. The highest BCUT2D eigenvalue weighted by Gasteiger charge is 2.26. The quantitative estimate of drug-likeness (QED) is 0.352. The fourth-order valence-electron chi connectivity index (χ4n) is 4.30. The zero-order chi connectivity index (χ0) is 27.9. The van der Waals surface area contributed by atoms with Crippen LogP contribution in [-0.2, 0) is 4.79 Å². The van der Waals surface area contributed by atoms with Gasteiger partial charge in [0.1, 0.15) is 18.0 Å². The topological polar surface area (TPSA) is 88.1 Å². The van der Waals surface area contributed by atoms with Crippen LogP contribution in [0.4, 0.5) is 5.82 Å². The van der Waals surface area contributed by atoms with Crippen LogP contribution in [0.15, 0.2) is 61.2 Å². The van der Waals surface area contributed by atoms with E-state index < -0.39 is 0 Å². The maximum absolute atomic E-state index is 13.1. The number of halogens is 2. The molecule has 1 aromatic heterocycles. The Morgan fingerprint density at radius 3 is 2.38 bits per heavy atom. The van der Waals surface area contributed by atoms with Gasteiger partial charge in [-0.3, -0.25) is 9.59 Å². The highest BCUT2D eigenvalue weighted by Crippen LogP contribution is 2.32. The van der Waals surface area contributed by atoms with Crippen LogP contribution >= 0.6 is 23.2 Å². The average molecular weight is 570 g/mol. The van der Waals surface area contributed by atoms with Crippen molar-refractivity contribution in [3.05, 3.63) is 76.8 Å². The zero-order valence-corrected chi connectivity index (χ0v) is 23.3. The van der Waals surface area contributed by atoms with Crippen LogP contribution in [0.1, 0.15) is 10.4 Å². The second-order valence-electron chi connectivity index (χ2n) is 8.81. The van der Waals surface area contributed by atoms with Gasteiger partial charge in [0.15, 0.2) is 5.82 Å². The third-order valence-electron chi connectivity index (χ3n) is 6.42. The minimum atomic E-state index is -0.354. The number of methoxy groups -OCH3 is 2. The molecule has 0 atom stereocenters. The molecule has 0 N–H and O–H groups in total. The number of amides is 2. The predicted octanol–water partition coefficient (Wildman–Crippen LogP) is 4.44. The number of piperazine rings is 1. The van der Waals surface area contributed by atoms with Crippen LogP contribution in [0.3, 0.4) is 0 Å². The third-order valence-corrected chi connectivity index (χ3v) is 6.96. The lowest BCUT2D eigenvalue weighted by molar-refractivity contribution is -0.132. The van der Waals surface area contributed by atoms with Gasteiger partial charge in [0.25, 0.3) is 5.91 Å². The molecule has 1 saturated heterocycles. The number of nitrogens with zero attached hydrogens (tertiary/aromatic N) is 5. The van der Waals surface area contributed by atoms with Crippen molar-refractivity contribution < 1.29 is 19.1 Å². The van der Waals surface area contributed by atoms with Crippen molar-refractivity contribution >= 4 is 40.8 Å². The van der Waals surface area contributed by atoms with Gasteiger partial charge in [0.2, 0.25) is 5.91 Å². The summed E-state index contributed by atoms with van der Waals surface area (Å²) in [5.41, 5.74) is 1.78. The van der Waals surface area contributed by atoms with E-state index in [1.165, 1.54) is 11.0 Å². The number of rotatable bonds is 9. The number of hydrogen-bond donors (Lipinski definition) is 0. The van der Waals surface area contributed by atoms with Crippen LogP contribution < -0.4 is 14.4 Å². The molecule has 0 unspecified atom stereocenters. The summed E-state index contributed by atoms with van der Waals surface area (Å²) in [5.74, 6) is 1.55. The molecule has 1 aliphatic rings. The van der Waals surface area contributed by atoms with Gasteiger partial charge in [-0.2, -0.15) is 0 Å². The highest BCUT2D eigenvalue weighted by atomic mass is 35.5. The average Bonchev–Trinajstić information content (AvgIpc) is 2.96. The SMILES string of the molecule is C=CCN(CC(=O)N1CCN(c2ccc(-c3ccc(OC)cc3OC)nn2)CC1)C(=O)c1ccc(Cl)cc1Cl. The maximum atomic E-state index is 13.1. The van der Waals surface area contributed by atoms with E-state index in [1.54, 1.807) is 43.4 Å². The molecule has 2 heterocycles. The molecule has 2 amide bonds. The molecule has 9 nitrogen and oxygen atoms in total. The Morgan fingerprint density at radius 1 is 1.00 bits per heavy atom. The molecule has 1 fully saturated rings. The summed E-state index contributed by atoms with van der Waals surface area (Å²) in [4.78, 5) is 31.4. The summed E-state index contributed by atoms with van der Waals surface area (Å²) in [5, 5.41) is 9.47. The number of hydrogen-bond acceptors (Lipinski definition) is 7. The number of carbonyl (C=O) groups is 2. The van der Waals surface area contributed by atoms with Crippen LogP contribution in [0, 0.1) is 0 Å². The van der Waals surface area contributed by atoms with Gasteiger partial charge < -0.3 is 24.2 Å². The minimum Gasteiger partial charge on any atom is -0.497 e. The number of ether oxygens (including phenoxy) is 2. The zero-order valence-electron chi connectivity index (χ0n) is 21.8. The van der Waals surface area contributed by atoms with Crippen LogP contribution in [0.2, 0.25) is 10.0 Å².